The minimum absolute atomic E-state index is 0.0135. The van der Waals surface area contributed by atoms with Gasteiger partial charge in [-0.3, -0.25) is 14.6 Å². The van der Waals surface area contributed by atoms with Gasteiger partial charge in [0.1, 0.15) is 11.6 Å². The highest BCUT2D eigenvalue weighted by Crippen LogP contribution is 2.39. The van der Waals surface area contributed by atoms with Crippen LogP contribution in [0.4, 0.5) is 4.39 Å². The molecule has 30 heavy (non-hydrogen) atoms. The van der Waals surface area contributed by atoms with E-state index >= 15 is 0 Å². The Morgan fingerprint density at radius 2 is 1.73 bits per heavy atom. The first-order chi connectivity index (χ1) is 14.6. The molecule has 1 unspecified atom stereocenters. The van der Waals surface area contributed by atoms with Gasteiger partial charge in [-0.25, -0.2) is 9.37 Å². The van der Waals surface area contributed by atoms with Crippen LogP contribution in [0.3, 0.4) is 0 Å². The number of hydrogen-bond acceptors (Lipinski definition) is 5. The lowest BCUT2D eigenvalue weighted by Crippen LogP contribution is -2.31. The third kappa shape index (κ3) is 3.71. The van der Waals surface area contributed by atoms with Crippen molar-refractivity contribution in [3.8, 4) is 0 Å². The van der Waals surface area contributed by atoms with Crippen LogP contribution >= 0.6 is 0 Å². The van der Waals surface area contributed by atoms with Gasteiger partial charge in [0.05, 0.1) is 17.9 Å². The molecule has 1 aromatic carbocycles. The lowest BCUT2D eigenvalue weighted by atomic mass is 9.96. The Labute approximate surface area is 172 Å². The number of aryl methyl sites for hydroxylation is 1. The molecule has 1 aliphatic rings. The molecule has 1 saturated heterocycles. The predicted octanol–water partition coefficient (Wildman–Crippen LogP) is 2.93. The molecular weight excluding hydrogens is 387 g/mol. The molecule has 1 amide bonds. The second-order valence-corrected chi connectivity index (χ2v) is 6.93. The van der Waals surface area contributed by atoms with Crippen LogP contribution in [0, 0.1) is 5.82 Å². The van der Waals surface area contributed by atoms with Crippen molar-refractivity contribution >= 4 is 17.4 Å². The van der Waals surface area contributed by atoms with Crippen molar-refractivity contribution in [2.75, 3.05) is 6.54 Å². The number of benzene rings is 1. The van der Waals surface area contributed by atoms with Crippen LogP contribution in [0.5, 0.6) is 0 Å². The number of rotatable bonds is 6. The van der Waals surface area contributed by atoms with E-state index in [1.807, 2.05) is 10.8 Å². The first-order valence-electron chi connectivity index (χ1n) is 9.46. The van der Waals surface area contributed by atoms with Crippen LogP contribution < -0.4 is 0 Å². The number of nitrogens with zero attached hydrogens (tertiary/aromatic N) is 4. The maximum absolute atomic E-state index is 13.3. The summed E-state index contributed by atoms with van der Waals surface area (Å²) < 4.78 is 15.2. The number of Topliss-reactive ketones (excluding diaryl/α,β-unsaturated/α-hetero) is 1. The predicted molar refractivity (Wildman–Crippen MR) is 106 cm³/mol. The zero-order valence-corrected chi connectivity index (χ0v) is 16.0. The van der Waals surface area contributed by atoms with E-state index in [9.17, 15) is 19.1 Å². The average molecular weight is 406 g/mol. The number of carbonyl (C=O) groups excluding carboxylic acids is 2. The Balaban J connectivity index is 1.71. The van der Waals surface area contributed by atoms with Crippen molar-refractivity contribution in [1.29, 1.82) is 0 Å². The summed E-state index contributed by atoms with van der Waals surface area (Å²) in [5.74, 6) is -2.23. The van der Waals surface area contributed by atoms with Crippen LogP contribution in [0.25, 0.3) is 5.76 Å². The number of ketones is 1. The Morgan fingerprint density at radius 1 is 1.00 bits per heavy atom. The van der Waals surface area contributed by atoms with Gasteiger partial charge in [0.2, 0.25) is 0 Å². The number of aliphatic hydroxyl groups is 1. The Bertz CT molecular complexity index is 1080. The van der Waals surface area contributed by atoms with Gasteiger partial charge in [-0.05, 0) is 48.4 Å². The van der Waals surface area contributed by atoms with Gasteiger partial charge in [-0.15, -0.1) is 0 Å². The fourth-order valence-corrected chi connectivity index (χ4v) is 3.61. The third-order valence-corrected chi connectivity index (χ3v) is 5.05. The average Bonchev–Trinajstić information content (AvgIpc) is 3.37. The van der Waals surface area contributed by atoms with E-state index in [4.69, 9.17) is 0 Å². The van der Waals surface area contributed by atoms with Crippen LogP contribution in [-0.4, -0.2) is 42.8 Å². The summed E-state index contributed by atoms with van der Waals surface area (Å²) in [5.41, 5.74) is 0.919. The highest BCUT2D eigenvalue weighted by molar-refractivity contribution is 6.46. The molecular formula is C22H19FN4O3. The molecule has 4 rings (SSSR count). The molecule has 0 bridgehead atoms. The molecule has 0 saturated carbocycles. The van der Waals surface area contributed by atoms with Gasteiger partial charge in [-0.1, -0.05) is 0 Å². The van der Waals surface area contributed by atoms with Crippen LogP contribution in [-0.2, 0) is 16.1 Å². The van der Waals surface area contributed by atoms with E-state index in [1.165, 1.54) is 29.2 Å². The molecule has 8 heteroatoms. The molecule has 1 fully saturated rings. The second-order valence-electron chi connectivity index (χ2n) is 6.93. The highest BCUT2D eigenvalue weighted by Gasteiger charge is 2.45. The van der Waals surface area contributed by atoms with E-state index in [0.29, 0.717) is 25.1 Å². The smallest absolute Gasteiger partial charge is 0.295 e. The minimum Gasteiger partial charge on any atom is -0.507 e. The Hall–Kier alpha value is -3.81. The normalized spacial score (nSPS) is 18.2. The lowest BCUT2D eigenvalue weighted by molar-refractivity contribution is -0.139. The van der Waals surface area contributed by atoms with Crippen LogP contribution in [0.1, 0.15) is 23.6 Å². The van der Waals surface area contributed by atoms with Gasteiger partial charge in [0.15, 0.2) is 0 Å². The van der Waals surface area contributed by atoms with Gasteiger partial charge < -0.3 is 14.6 Å². The summed E-state index contributed by atoms with van der Waals surface area (Å²) in [6, 6.07) is 7.80. The number of halogens is 1. The van der Waals surface area contributed by atoms with Crippen LogP contribution in [0.15, 0.2) is 73.1 Å². The standard InChI is InChI=1S/C22H19FN4O3/c23-17-4-2-16(3-5-17)20(28)18-19(15-6-8-24-9-7-15)27(22(30)21(18)29)12-1-11-26-13-10-25-14-26/h2-10,13-14,19,28H,1,11-12H2/b20-18-. The molecule has 1 atom stereocenters. The number of imidazole rings is 1. The molecule has 0 radical (unpaired) electrons. The first-order valence-corrected chi connectivity index (χ1v) is 9.46. The van der Waals surface area contributed by atoms with E-state index in [2.05, 4.69) is 9.97 Å². The van der Waals surface area contributed by atoms with Crippen molar-refractivity contribution in [3.63, 3.8) is 0 Å². The summed E-state index contributed by atoms with van der Waals surface area (Å²) in [7, 11) is 0. The molecule has 0 spiro atoms. The summed E-state index contributed by atoms with van der Waals surface area (Å²) >= 11 is 0. The minimum atomic E-state index is -0.763. The maximum atomic E-state index is 13.3. The molecule has 3 aromatic rings. The number of pyridine rings is 1. The molecule has 3 heterocycles. The zero-order chi connectivity index (χ0) is 21.1. The van der Waals surface area contributed by atoms with Gasteiger partial charge >= 0.3 is 0 Å². The number of likely N-dealkylation sites (tertiary alicyclic amines) is 1. The number of carbonyl (C=O) groups is 2. The fraction of sp³-hybridized carbons (Fsp3) is 0.182. The second kappa shape index (κ2) is 8.28. The summed E-state index contributed by atoms with van der Waals surface area (Å²) in [6.45, 7) is 0.944. The number of aromatic nitrogens is 3. The number of aliphatic hydroxyl groups excluding tert-OH is 1. The van der Waals surface area contributed by atoms with E-state index in [0.717, 1.165) is 0 Å². The summed E-state index contributed by atoms with van der Waals surface area (Å²) in [5, 5.41) is 10.9. The Kier molecular flexibility index (Phi) is 5.38. The quantitative estimate of drug-likeness (QED) is 0.386. The molecule has 152 valence electrons. The fourth-order valence-electron chi connectivity index (χ4n) is 3.61. The maximum Gasteiger partial charge on any atom is 0.295 e. The van der Waals surface area contributed by atoms with Crippen molar-refractivity contribution in [1.82, 2.24) is 19.4 Å². The first kappa shape index (κ1) is 19.5. The van der Waals surface area contributed by atoms with Crippen LogP contribution in [0.2, 0.25) is 0 Å². The molecule has 0 aliphatic carbocycles. The van der Waals surface area contributed by atoms with Gasteiger partial charge in [-0.2, -0.15) is 0 Å². The highest BCUT2D eigenvalue weighted by atomic mass is 19.1. The molecule has 1 aliphatic heterocycles. The summed E-state index contributed by atoms with van der Waals surface area (Å²) in [6.07, 6.45) is 8.91. The van der Waals surface area contributed by atoms with E-state index in [1.54, 1.807) is 37.1 Å². The SMILES string of the molecule is O=C1C(=O)N(CCCn2ccnc2)C(c2ccncc2)/C1=C(/O)c1ccc(F)cc1. The third-order valence-electron chi connectivity index (χ3n) is 5.05. The summed E-state index contributed by atoms with van der Waals surface area (Å²) in [4.78, 5) is 35.1. The van der Waals surface area contributed by atoms with Gasteiger partial charge in [0.25, 0.3) is 11.7 Å². The molecule has 7 nitrogen and oxygen atoms in total. The van der Waals surface area contributed by atoms with E-state index < -0.39 is 23.5 Å². The van der Waals surface area contributed by atoms with Crippen molar-refractivity contribution in [3.05, 3.63) is 90.0 Å². The number of amides is 1. The number of hydrogen-bond donors (Lipinski definition) is 1. The van der Waals surface area contributed by atoms with Gasteiger partial charge in [0, 0.05) is 43.4 Å². The molecule has 1 N–H and O–H groups in total. The van der Waals surface area contributed by atoms with Crippen molar-refractivity contribution in [2.24, 2.45) is 0 Å². The van der Waals surface area contributed by atoms with E-state index in [-0.39, 0.29) is 16.9 Å². The lowest BCUT2D eigenvalue weighted by Gasteiger charge is -2.25. The monoisotopic (exact) mass is 406 g/mol. The zero-order valence-electron chi connectivity index (χ0n) is 16.0. The van der Waals surface area contributed by atoms with Crippen molar-refractivity contribution < 1.29 is 19.1 Å². The largest absolute Gasteiger partial charge is 0.507 e. The molecule has 2 aromatic heterocycles. The van der Waals surface area contributed by atoms with Crippen molar-refractivity contribution in [2.45, 2.75) is 19.0 Å². The Morgan fingerprint density at radius 3 is 2.40 bits per heavy atom. The topological polar surface area (TPSA) is 88.3 Å².